The van der Waals surface area contributed by atoms with Crippen LogP contribution < -0.4 is 14.8 Å². The van der Waals surface area contributed by atoms with Gasteiger partial charge in [0.2, 0.25) is 12.7 Å². The van der Waals surface area contributed by atoms with Crippen LogP contribution in [0.3, 0.4) is 0 Å². The van der Waals surface area contributed by atoms with Crippen molar-refractivity contribution in [3.8, 4) is 11.5 Å². The van der Waals surface area contributed by atoms with Gasteiger partial charge < -0.3 is 14.8 Å². The van der Waals surface area contributed by atoms with E-state index >= 15 is 0 Å². The molecule has 1 atom stereocenters. The van der Waals surface area contributed by atoms with Gasteiger partial charge in [-0.25, -0.2) is 0 Å². The van der Waals surface area contributed by atoms with E-state index < -0.39 is 0 Å². The second-order valence-electron chi connectivity index (χ2n) is 6.41. The van der Waals surface area contributed by atoms with Crippen LogP contribution in [0.2, 0.25) is 0 Å². The number of benzene rings is 1. The Labute approximate surface area is 151 Å². The van der Waals surface area contributed by atoms with Gasteiger partial charge in [0.05, 0.1) is 6.54 Å². The van der Waals surface area contributed by atoms with Gasteiger partial charge in [0.1, 0.15) is 0 Å². The Morgan fingerprint density at radius 2 is 2.20 bits per heavy atom. The van der Waals surface area contributed by atoms with E-state index in [0.29, 0.717) is 19.1 Å². The summed E-state index contributed by atoms with van der Waals surface area (Å²) >= 11 is 1.83. The monoisotopic (exact) mass is 358 g/mol. The largest absolute Gasteiger partial charge is 0.454 e. The third-order valence-electron chi connectivity index (χ3n) is 4.87. The first kappa shape index (κ1) is 16.4. The summed E-state index contributed by atoms with van der Waals surface area (Å²) < 4.78 is 10.7. The van der Waals surface area contributed by atoms with E-state index in [-0.39, 0.29) is 12.7 Å². The summed E-state index contributed by atoms with van der Waals surface area (Å²) in [6, 6.07) is 8.34. The maximum absolute atomic E-state index is 12.4. The van der Waals surface area contributed by atoms with Crippen LogP contribution in [-0.4, -0.2) is 30.7 Å². The van der Waals surface area contributed by atoms with Crippen molar-refractivity contribution in [2.45, 2.75) is 32.4 Å². The standard InChI is InChI=1S/C19H22N2O3S/c1-2-15-14-6-8-25-18(14)5-7-21(15)11-19(22)20-10-13-3-4-16-17(9-13)24-12-23-16/h3-4,6,8-9,15H,2,5,7,10-12H2,1H3,(H,20,22)/t15-/m1/s1. The first-order valence-electron chi connectivity index (χ1n) is 8.70. The molecule has 2 aromatic rings. The van der Waals surface area contributed by atoms with Crippen molar-refractivity contribution in [2.24, 2.45) is 0 Å². The number of fused-ring (bicyclic) bond motifs is 2. The summed E-state index contributed by atoms with van der Waals surface area (Å²) in [6.07, 6.45) is 2.07. The molecule has 132 valence electrons. The molecule has 3 heterocycles. The SMILES string of the molecule is CC[C@@H]1c2ccsc2CCN1CC(=O)NCc1ccc2c(c1)OCO2. The molecule has 2 aliphatic heterocycles. The van der Waals surface area contributed by atoms with Gasteiger partial charge in [-0.05, 0) is 47.5 Å². The van der Waals surface area contributed by atoms with Gasteiger partial charge >= 0.3 is 0 Å². The minimum absolute atomic E-state index is 0.0646. The zero-order valence-corrected chi connectivity index (χ0v) is 15.1. The lowest BCUT2D eigenvalue weighted by atomic mass is 9.98. The number of hydrogen-bond donors (Lipinski definition) is 1. The Kier molecular flexibility index (Phi) is 4.63. The molecule has 0 bridgehead atoms. The van der Waals surface area contributed by atoms with Crippen molar-refractivity contribution in [1.29, 1.82) is 0 Å². The lowest BCUT2D eigenvalue weighted by molar-refractivity contribution is -0.123. The van der Waals surface area contributed by atoms with Crippen LogP contribution in [0.4, 0.5) is 0 Å². The fourth-order valence-corrected chi connectivity index (χ4v) is 4.54. The van der Waals surface area contributed by atoms with E-state index in [1.807, 2.05) is 29.5 Å². The van der Waals surface area contributed by atoms with E-state index in [4.69, 9.17) is 9.47 Å². The third-order valence-corrected chi connectivity index (χ3v) is 5.86. The summed E-state index contributed by atoms with van der Waals surface area (Å²) in [7, 11) is 0. The van der Waals surface area contributed by atoms with E-state index in [1.54, 1.807) is 0 Å². The van der Waals surface area contributed by atoms with Gasteiger partial charge in [0.25, 0.3) is 0 Å². The Morgan fingerprint density at radius 1 is 1.32 bits per heavy atom. The molecule has 0 saturated carbocycles. The topological polar surface area (TPSA) is 50.8 Å². The highest BCUT2D eigenvalue weighted by Crippen LogP contribution is 2.35. The molecule has 0 aliphatic carbocycles. The molecule has 0 spiro atoms. The maximum atomic E-state index is 12.4. The smallest absolute Gasteiger partial charge is 0.234 e. The quantitative estimate of drug-likeness (QED) is 0.892. The molecule has 6 heteroatoms. The maximum Gasteiger partial charge on any atom is 0.234 e. The van der Waals surface area contributed by atoms with Gasteiger partial charge in [0.15, 0.2) is 11.5 Å². The normalized spacial score (nSPS) is 18.8. The molecule has 0 fully saturated rings. The lowest BCUT2D eigenvalue weighted by Crippen LogP contribution is -2.42. The van der Waals surface area contributed by atoms with Crippen molar-refractivity contribution >= 4 is 17.2 Å². The molecule has 5 nitrogen and oxygen atoms in total. The summed E-state index contributed by atoms with van der Waals surface area (Å²) in [5, 5.41) is 5.19. The summed E-state index contributed by atoms with van der Waals surface area (Å²) in [5.74, 6) is 1.58. The molecule has 0 unspecified atom stereocenters. The minimum atomic E-state index is 0.0646. The number of hydrogen-bond acceptors (Lipinski definition) is 5. The predicted octanol–water partition coefficient (Wildman–Crippen LogP) is 3.10. The molecule has 1 aromatic heterocycles. The van der Waals surface area contributed by atoms with Crippen LogP contribution in [0.25, 0.3) is 0 Å². The second kappa shape index (κ2) is 7.06. The molecule has 4 rings (SSSR count). The first-order valence-corrected chi connectivity index (χ1v) is 9.58. The van der Waals surface area contributed by atoms with Crippen molar-refractivity contribution in [3.05, 3.63) is 45.6 Å². The van der Waals surface area contributed by atoms with Gasteiger partial charge in [-0.1, -0.05) is 13.0 Å². The van der Waals surface area contributed by atoms with Crippen LogP contribution in [0.15, 0.2) is 29.6 Å². The number of amides is 1. The van der Waals surface area contributed by atoms with Crippen LogP contribution in [0, 0.1) is 0 Å². The van der Waals surface area contributed by atoms with Crippen LogP contribution in [0.1, 0.15) is 35.4 Å². The van der Waals surface area contributed by atoms with Gasteiger partial charge in [0, 0.05) is 24.0 Å². The highest BCUT2D eigenvalue weighted by molar-refractivity contribution is 7.10. The molecule has 25 heavy (non-hydrogen) atoms. The average molecular weight is 358 g/mol. The molecule has 1 N–H and O–H groups in total. The van der Waals surface area contributed by atoms with E-state index in [0.717, 1.165) is 36.4 Å². The molecule has 1 amide bonds. The number of thiophene rings is 1. The molecule has 1 aromatic carbocycles. The Hall–Kier alpha value is -2.05. The van der Waals surface area contributed by atoms with E-state index in [9.17, 15) is 4.79 Å². The zero-order chi connectivity index (χ0) is 17.2. The highest BCUT2D eigenvalue weighted by atomic mass is 32.1. The van der Waals surface area contributed by atoms with E-state index in [1.165, 1.54) is 10.4 Å². The van der Waals surface area contributed by atoms with Crippen molar-refractivity contribution in [3.63, 3.8) is 0 Å². The summed E-state index contributed by atoms with van der Waals surface area (Å²) in [6.45, 7) is 4.35. The fraction of sp³-hybridized carbons (Fsp3) is 0.421. The van der Waals surface area contributed by atoms with Gasteiger partial charge in [-0.15, -0.1) is 11.3 Å². The Balaban J connectivity index is 1.34. The molecule has 0 radical (unpaired) electrons. The number of carbonyl (C=O) groups is 1. The number of rotatable bonds is 5. The van der Waals surface area contributed by atoms with Crippen molar-refractivity contribution in [1.82, 2.24) is 10.2 Å². The van der Waals surface area contributed by atoms with Crippen molar-refractivity contribution in [2.75, 3.05) is 19.9 Å². The van der Waals surface area contributed by atoms with Crippen LogP contribution >= 0.6 is 11.3 Å². The zero-order valence-electron chi connectivity index (χ0n) is 14.3. The Morgan fingerprint density at radius 3 is 3.08 bits per heavy atom. The Bertz CT molecular complexity index is 774. The van der Waals surface area contributed by atoms with E-state index in [2.05, 4.69) is 28.6 Å². The summed E-state index contributed by atoms with van der Waals surface area (Å²) in [4.78, 5) is 16.2. The predicted molar refractivity (Wildman–Crippen MR) is 97.0 cm³/mol. The lowest BCUT2D eigenvalue weighted by Gasteiger charge is -2.34. The van der Waals surface area contributed by atoms with Gasteiger partial charge in [-0.3, -0.25) is 9.69 Å². The first-order chi connectivity index (χ1) is 12.2. The molecular formula is C19H22N2O3S. The minimum Gasteiger partial charge on any atom is -0.454 e. The van der Waals surface area contributed by atoms with Crippen LogP contribution in [0.5, 0.6) is 11.5 Å². The fourth-order valence-electron chi connectivity index (χ4n) is 3.61. The van der Waals surface area contributed by atoms with Gasteiger partial charge in [-0.2, -0.15) is 0 Å². The molecule has 0 saturated heterocycles. The van der Waals surface area contributed by atoms with Crippen LogP contribution in [-0.2, 0) is 17.8 Å². The van der Waals surface area contributed by atoms with Crippen molar-refractivity contribution < 1.29 is 14.3 Å². The third kappa shape index (κ3) is 3.37. The second-order valence-corrected chi connectivity index (χ2v) is 7.41. The molecular weight excluding hydrogens is 336 g/mol. The average Bonchev–Trinajstić information content (AvgIpc) is 3.28. The number of nitrogens with one attached hydrogen (secondary N) is 1. The molecule has 2 aliphatic rings. The number of nitrogens with zero attached hydrogens (tertiary/aromatic N) is 1. The highest BCUT2D eigenvalue weighted by Gasteiger charge is 2.28. The number of carbonyl (C=O) groups excluding carboxylic acids is 1. The number of ether oxygens (including phenoxy) is 2. The summed E-state index contributed by atoms with van der Waals surface area (Å²) in [5.41, 5.74) is 2.42.